The molecule has 0 aliphatic carbocycles. The second kappa shape index (κ2) is 4.75. The Morgan fingerprint density at radius 2 is 2.15 bits per heavy atom. The van der Waals surface area contributed by atoms with Crippen molar-refractivity contribution in [2.24, 2.45) is 0 Å². The van der Waals surface area contributed by atoms with E-state index in [-0.39, 0.29) is 5.82 Å². The highest BCUT2D eigenvalue weighted by Crippen LogP contribution is 2.15. The van der Waals surface area contributed by atoms with Crippen molar-refractivity contribution >= 4 is 15.9 Å². The van der Waals surface area contributed by atoms with E-state index in [1.165, 1.54) is 5.56 Å². The van der Waals surface area contributed by atoms with Crippen LogP contribution in [0.5, 0.6) is 0 Å². The fourth-order valence-corrected chi connectivity index (χ4v) is 1.61. The maximum Gasteiger partial charge on any atom is 0.126 e. The molecular formula is C11H14BrF. The zero-order chi connectivity index (χ0) is 9.84. The van der Waals surface area contributed by atoms with Gasteiger partial charge in [0.1, 0.15) is 5.82 Å². The highest BCUT2D eigenvalue weighted by molar-refractivity contribution is 9.09. The molecule has 0 amide bonds. The molecule has 0 spiro atoms. The first-order chi connectivity index (χ1) is 6.13. The van der Waals surface area contributed by atoms with E-state index in [1.807, 2.05) is 12.1 Å². The molecule has 1 aromatic rings. The fraction of sp³-hybridized carbons (Fsp3) is 0.455. The highest BCUT2D eigenvalue weighted by atomic mass is 79.9. The van der Waals surface area contributed by atoms with Gasteiger partial charge in [-0.2, -0.15) is 0 Å². The number of alkyl halides is 1. The lowest BCUT2D eigenvalue weighted by molar-refractivity contribution is 0.617. The average molecular weight is 245 g/mol. The molecule has 1 atom stereocenters. The molecule has 72 valence electrons. The molecule has 1 aromatic carbocycles. The summed E-state index contributed by atoms with van der Waals surface area (Å²) in [6, 6.07) is 5.31. The SMILES string of the molecule is CCC(Br)Cc1ccc(F)c(C)c1. The molecule has 0 aromatic heterocycles. The van der Waals surface area contributed by atoms with E-state index in [9.17, 15) is 4.39 Å². The van der Waals surface area contributed by atoms with Crippen LogP contribution in [0.4, 0.5) is 4.39 Å². The van der Waals surface area contributed by atoms with E-state index in [1.54, 1.807) is 13.0 Å². The van der Waals surface area contributed by atoms with Gasteiger partial charge < -0.3 is 0 Å². The summed E-state index contributed by atoms with van der Waals surface area (Å²) in [7, 11) is 0. The lowest BCUT2D eigenvalue weighted by Gasteiger charge is -2.07. The summed E-state index contributed by atoms with van der Waals surface area (Å²) in [5.41, 5.74) is 1.93. The van der Waals surface area contributed by atoms with Crippen LogP contribution in [-0.2, 0) is 6.42 Å². The van der Waals surface area contributed by atoms with Crippen LogP contribution in [0.25, 0.3) is 0 Å². The van der Waals surface area contributed by atoms with Gasteiger partial charge in [-0.3, -0.25) is 0 Å². The summed E-state index contributed by atoms with van der Waals surface area (Å²) in [5.74, 6) is -0.119. The molecule has 13 heavy (non-hydrogen) atoms. The lowest BCUT2D eigenvalue weighted by Crippen LogP contribution is -2.01. The van der Waals surface area contributed by atoms with Crippen LogP contribution in [0, 0.1) is 12.7 Å². The summed E-state index contributed by atoms with van der Waals surface area (Å²) in [6.07, 6.45) is 2.06. The molecule has 0 saturated carbocycles. The minimum Gasteiger partial charge on any atom is -0.207 e. The summed E-state index contributed by atoms with van der Waals surface area (Å²) in [6.45, 7) is 3.93. The van der Waals surface area contributed by atoms with Crippen LogP contribution < -0.4 is 0 Å². The lowest BCUT2D eigenvalue weighted by atomic mass is 10.1. The zero-order valence-corrected chi connectivity index (χ0v) is 9.57. The van der Waals surface area contributed by atoms with E-state index < -0.39 is 0 Å². The van der Waals surface area contributed by atoms with Gasteiger partial charge in [0.25, 0.3) is 0 Å². The first-order valence-corrected chi connectivity index (χ1v) is 5.44. The van der Waals surface area contributed by atoms with Gasteiger partial charge in [0, 0.05) is 4.83 Å². The molecule has 0 fully saturated rings. The molecule has 0 heterocycles. The molecule has 0 bridgehead atoms. The second-order valence-electron chi connectivity index (χ2n) is 3.29. The summed E-state index contributed by atoms with van der Waals surface area (Å²) in [4.78, 5) is 0.498. The van der Waals surface area contributed by atoms with Gasteiger partial charge >= 0.3 is 0 Å². The van der Waals surface area contributed by atoms with Crippen molar-refractivity contribution in [2.75, 3.05) is 0 Å². The first kappa shape index (κ1) is 10.7. The Labute approximate surface area is 87.3 Å². The van der Waals surface area contributed by atoms with Gasteiger partial charge in [-0.15, -0.1) is 0 Å². The third kappa shape index (κ3) is 3.11. The van der Waals surface area contributed by atoms with Crippen molar-refractivity contribution in [3.05, 3.63) is 35.1 Å². The number of aryl methyl sites for hydroxylation is 1. The number of hydrogen-bond acceptors (Lipinski definition) is 0. The number of halogens is 2. The fourth-order valence-electron chi connectivity index (χ4n) is 1.23. The van der Waals surface area contributed by atoms with Gasteiger partial charge in [-0.25, -0.2) is 4.39 Å². The Morgan fingerprint density at radius 1 is 1.46 bits per heavy atom. The van der Waals surface area contributed by atoms with E-state index in [0.717, 1.165) is 18.4 Å². The van der Waals surface area contributed by atoms with Crippen LogP contribution in [-0.4, -0.2) is 4.83 Å². The van der Waals surface area contributed by atoms with Crippen LogP contribution in [0.1, 0.15) is 24.5 Å². The first-order valence-electron chi connectivity index (χ1n) is 4.52. The van der Waals surface area contributed by atoms with Crippen molar-refractivity contribution < 1.29 is 4.39 Å². The highest BCUT2D eigenvalue weighted by Gasteiger charge is 2.04. The maximum absolute atomic E-state index is 12.9. The molecule has 0 aliphatic rings. The normalized spacial score (nSPS) is 12.9. The molecule has 0 nitrogen and oxygen atoms in total. The molecule has 2 heteroatoms. The van der Waals surface area contributed by atoms with Crippen LogP contribution in [0.15, 0.2) is 18.2 Å². The minimum atomic E-state index is -0.119. The Kier molecular flexibility index (Phi) is 3.91. The number of hydrogen-bond donors (Lipinski definition) is 0. The predicted molar refractivity (Wildman–Crippen MR) is 57.8 cm³/mol. The van der Waals surface area contributed by atoms with Gasteiger partial charge in [-0.05, 0) is 37.0 Å². The van der Waals surface area contributed by atoms with Crippen molar-refractivity contribution in [3.63, 3.8) is 0 Å². The Balaban J connectivity index is 2.73. The van der Waals surface area contributed by atoms with Crippen LogP contribution in [0.2, 0.25) is 0 Å². The maximum atomic E-state index is 12.9. The van der Waals surface area contributed by atoms with E-state index in [0.29, 0.717) is 4.83 Å². The average Bonchev–Trinajstić information content (AvgIpc) is 2.11. The second-order valence-corrected chi connectivity index (χ2v) is 4.59. The topological polar surface area (TPSA) is 0 Å². The van der Waals surface area contributed by atoms with E-state index >= 15 is 0 Å². The molecule has 1 rings (SSSR count). The van der Waals surface area contributed by atoms with Crippen molar-refractivity contribution in [1.29, 1.82) is 0 Å². The standard InChI is InChI=1S/C11H14BrF/c1-3-10(12)7-9-4-5-11(13)8(2)6-9/h4-6,10H,3,7H2,1-2H3. The molecule has 0 N–H and O–H groups in total. The quantitative estimate of drug-likeness (QED) is 0.709. The van der Waals surface area contributed by atoms with Crippen molar-refractivity contribution in [2.45, 2.75) is 31.5 Å². The summed E-state index contributed by atoms with van der Waals surface area (Å²) < 4.78 is 12.9. The van der Waals surface area contributed by atoms with E-state index in [2.05, 4.69) is 22.9 Å². The monoisotopic (exact) mass is 244 g/mol. The molecule has 0 radical (unpaired) electrons. The van der Waals surface area contributed by atoms with Crippen molar-refractivity contribution in [1.82, 2.24) is 0 Å². The molecular weight excluding hydrogens is 231 g/mol. The van der Waals surface area contributed by atoms with Gasteiger partial charge in [0.15, 0.2) is 0 Å². The third-order valence-corrected chi connectivity index (χ3v) is 3.09. The predicted octanol–water partition coefficient (Wildman–Crippen LogP) is 3.85. The number of benzene rings is 1. The minimum absolute atomic E-state index is 0.119. The Hall–Kier alpha value is -0.370. The number of rotatable bonds is 3. The zero-order valence-electron chi connectivity index (χ0n) is 7.98. The van der Waals surface area contributed by atoms with Gasteiger partial charge in [0.2, 0.25) is 0 Å². The Morgan fingerprint density at radius 3 is 2.69 bits per heavy atom. The van der Waals surface area contributed by atoms with Crippen LogP contribution in [0.3, 0.4) is 0 Å². The molecule has 0 aliphatic heterocycles. The largest absolute Gasteiger partial charge is 0.207 e. The van der Waals surface area contributed by atoms with Gasteiger partial charge in [0.05, 0.1) is 0 Å². The molecule has 1 unspecified atom stereocenters. The summed E-state index contributed by atoms with van der Waals surface area (Å²) in [5, 5.41) is 0. The smallest absolute Gasteiger partial charge is 0.126 e. The summed E-state index contributed by atoms with van der Waals surface area (Å²) >= 11 is 3.56. The van der Waals surface area contributed by atoms with E-state index in [4.69, 9.17) is 0 Å². The van der Waals surface area contributed by atoms with Crippen molar-refractivity contribution in [3.8, 4) is 0 Å². The molecule has 0 saturated heterocycles. The third-order valence-electron chi connectivity index (χ3n) is 2.12. The van der Waals surface area contributed by atoms with Crippen LogP contribution >= 0.6 is 15.9 Å². The Bertz CT molecular complexity index is 283. The van der Waals surface area contributed by atoms with Gasteiger partial charge in [-0.1, -0.05) is 35.0 Å².